The highest BCUT2D eigenvalue weighted by atomic mass is 16.2. The Morgan fingerprint density at radius 3 is 2.16 bits per heavy atom. The summed E-state index contributed by atoms with van der Waals surface area (Å²) in [6.45, 7) is 8.11. The number of carbonyl (C=O) groups is 3. The largest absolute Gasteiger partial charge is 0.356 e. The summed E-state index contributed by atoms with van der Waals surface area (Å²) >= 11 is 0. The maximum absolute atomic E-state index is 11.7. The van der Waals surface area contributed by atoms with Crippen LogP contribution in [0.5, 0.6) is 0 Å². The molecule has 110 valence electrons. The van der Waals surface area contributed by atoms with Crippen molar-refractivity contribution in [2.45, 2.75) is 47.0 Å². The van der Waals surface area contributed by atoms with Gasteiger partial charge in [0.1, 0.15) is 0 Å². The predicted octanol–water partition coefficient (Wildman–Crippen LogP) is 1.27. The zero-order valence-electron chi connectivity index (χ0n) is 12.4. The highest BCUT2D eigenvalue weighted by Gasteiger charge is 2.18. The summed E-state index contributed by atoms with van der Waals surface area (Å²) in [5.41, 5.74) is 0. The Bertz CT molecular complexity index is 316. The van der Waals surface area contributed by atoms with Crippen molar-refractivity contribution < 1.29 is 14.4 Å². The lowest BCUT2D eigenvalue weighted by Gasteiger charge is -2.13. The lowest BCUT2D eigenvalue weighted by Crippen LogP contribution is -2.37. The van der Waals surface area contributed by atoms with Crippen molar-refractivity contribution in [1.82, 2.24) is 10.6 Å². The smallest absolute Gasteiger partial charge is 0.223 e. The van der Waals surface area contributed by atoms with E-state index in [4.69, 9.17) is 0 Å². The Hall–Kier alpha value is -1.39. The molecule has 0 bridgehead atoms. The normalized spacial score (nSPS) is 13.5. The molecule has 5 heteroatoms. The molecule has 0 aliphatic rings. The molecule has 0 saturated heterocycles. The quantitative estimate of drug-likeness (QED) is 0.662. The molecule has 0 aliphatic carbocycles. The van der Waals surface area contributed by atoms with Gasteiger partial charge in [-0.05, 0) is 12.8 Å². The van der Waals surface area contributed by atoms with Gasteiger partial charge in [0, 0.05) is 24.8 Å². The number of hydrogen-bond donors (Lipinski definition) is 2. The minimum Gasteiger partial charge on any atom is -0.356 e. The summed E-state index contributed by atoms with van der Waals surface area (Å²) in [7, 11) is 0. The van der Waals surface area contributed by atoms with Crippen LogP contribution in [0.2, 0.25) is 0 Å². The second kappa shape index (κ2) is 9.53. The zero-order chi connectivity index (χ0) is 14.8. The summed E-state index contributed by atoms with van der Waals surface area (Å²) < 4.78 is 0. The molecule has 0 saturated carbocycles. The van der Waals surface area contributed by atoms with Gasteiger partial charge in [-0.2, -0.15) is 0 Å². The molecule has 0 fully saturated rings. The van der Waals surface area contributed by atoms with Crippen molar-refractivity contribution >= 4 is 17.6 Å². The fourth-order valence-electron chi connectivity index (χ4n) is 1.46. The molecule has 2 N–H and O–H groups in total. The Balaban J connectivity index is 4.00. The fourth-order valence-corrected chi connectivity index (χ4v) is 1.46. The molecule has 0 aromatic carbocycles. The lowest BCUT2D eigenvalue weighted by atomic mass is 10.0. The van der Waals surface area contributed by atoms with Gasteiger partial charge in [0.05, 0.1) is 6.54 Å². The van der Waals surface area contributed by atoms with Crippen LogP contribution in [-0.4, -0.2) is 30.7 Å². The number of amides is 2. The Morgan fingerprint density at radius 2 is 1.63 bits per heavy atom. The summed E-state index contributed by atoms with van der Waals surface area (Å²) in [4.78, 5) is 34.7. The number of hydrogen-bond acceptors (Lipinski definition) is 3. The predicted molar refractivity (Wildman–Crippen MR) is 74.6 cm³/mol. The van der Waals surface area contributed by atoms with E-state index in [0.29, 0.717) is 6.54 Å². The third-order valence-electron chi connectivity index (χ3n) is 3.11. The van der Waals surface area contributed by atoms with Crippen LogP contribution in [0.25, 0.3) is 0 Å². The minimum atomic E-state index is -0.415. The van der Waals surface area contributed by atoms with Gasteiger partial charge in [-0.25, -0.2) is 0 Å². The summed E-state index contributed by atoms with van der Waals surface area (Å²) in [6.07, 6.45) is 1.79. The topological polar surface area (TPSA) is 75.3 Å². The maximum Gasteiger partial charge on any atom is 0.223 e. The van der Waals surface area contributed by atoms with Crippen LogP contribution in [0.15, 0.2) is 0 Å². The maximum atomic E-state index is 11.7. The van der Waals surface area contributed by atoms with E-state index < -0.39 is 5.92 Å². The molecular formula is C14H26N2O3. The standard InChI is InChI=1S/C14H26N2O3/c1-5-7-15-13(18)8-11(4)14(19)16-9-12(17)10(3)6-2/h10-11H,5-9H2,1-4H3,(H,15,18)(H,16,19). The first-order valence-corrected chi connectivity index (χ1v) is 6.99. The molecule has 0 heterocycles. The monoisotopic (exact) mass is 270 g/mol. The van der Waals surface area contributed by atoms with Gasteiger partial charge in [-0.15, -0.1) is 0 Å². The molecule has 0 aliphatic heterocycles. The van der Waals surface area contributed by atoms with Crippen molar-refractivity contribution in [1.29, 1.82) is 0 Å². The SMILES string of the molecule is CCCNC(=O)CC(C)C(=O)NCC(=O)C(C)CC. The first-order valence-electron chi connectivity index (χ1n) is 6.99. The van der Waals surface area contributed by atoms with Crippen LogP contribution in [0.3, 0.4) is 0 Å². The number of ketones is 1. The molecule has 2 atom stereocenters. The van der Waals surface area contributed by atoms with Crippen molar-refractivity contribution in [3.05, 3.63) is 0 Å². The molecule has 0 spiro atoms. The van der Waals surface area contributed by atoms with Crippen LogP contribution in [0.4, 0.5) is 0 Å². The molecule has 2 unspecified atom stereocenters. The second-order valence-corrected chi connectivity index (χ2v) is 4.95. The average Bonchev–Trinajstić information content (AvgIpc) is 2.40. The number of Topliss-reactive ketones (excluding diaryl/α,β-unsaturated/α-hetero) is 1. The van der Waals surface area contributed by atoms with E-state index in [1.807, 2.05) is 20.8 Å². The highest BCUT2D eigenvalue weighted by Crippen LogP contribution is 2.04. The van der Waals surface area contributed by atoms with Crippen LogP contribution in [-0.2, 0) is 14.4 Å². The van der Waals surface area contributed by atoms with Gasteiger partial charge in [-0.3, -0.25) is 14.4 Å². The molecule has 0 rings (SSSR count). The van der Waals surface area contributed by atoms with Gasteiger partial charge in [0.2, 0.25) is 11.8 Å². The summed E-state index contributed by atoms with van der Waals surface area (Å²) in [6, 6.07) is 0. The van der Waals surface area contributed by atoms with Crippen LogP contribution >= 0.6 is 0 Å². The number of carbonyl (C=O) groups excluding carboxylic acids is 3. The highest BCUT2D eigenvalue weighted by molar-refractivity contribution is 5.90. The average molecular weight is 270 g/mol. The van der Waals surface area contributed by atoms with Crippen molar-refractivity contribution in [2.24, 2.45) is 11.8 Å². The Kier molecular flexibility index (Phi) is 8.83. The van der Waals surface area contributed by atoms with Gasteiger partial charge in [-0.1, -0.05) is 27.7 Å². The van der Waals surface area contributed by atoms with E-state index in [1.165, 1.54) is 0 Å². The van der Waals surface area contributed by atoms with E-state index in [9.17, 15) is 14.4 Å². The molecule has 19 heavy (non-hydrogen) atoms. The molecule has 0 aromatic heterocycles. The van der Waals surface area contributed by atoms with Crippen LogP contribution < -0.4 is 10.6 Å². The van der Waals surface area contributed by atoms with Gasteiger partial charge in [0.25, 0.3) is 0 Å². The van der Waals surface area contributed by atoms with E-state index in [2.05, 4.69) is 10.6 Å². The number of nitrogens with one attached hydrogen (secondary N) is 2. The third kappa shape index (κ3) is 7.59. The molecule has 0 aromatic rings. The van der Waals surface area contributed by atoms with Gasteiger partial charge in [0.15, 0.2) is 5.78 Å². The van der Waals surface area contributed by atoms with Crippen LogP contribution in [0.1, 0.15) is 47.0 Å². The van der Waals surface area contributed by atoms with E-state index in [1.54, 1.807) is 6.92 Å². The van der Waals surface area contributed by atoms with Gasteiger partial charge < -0.3 is 10.6 Å². The van der Waals surface area contributed by atoms with E-state index in [-0.39, 0.29) is 36.5 Å². The van der Waals surface area contributed by atoms with Crippen molar-refractivity contribution in [2.75, 3.05) is 13.1 Å². The van der Waals surface area contributed by atoms with Crippen LogP contribution in [0, 0.1) is 11.8 Å². The Labute approximate surface area is 115 Å². The third-order valence-corrected chi connectivity index (χ3v) is 3.11. The fraction of sp³-hybridized carbons (Fsp3) is 0.786. The minimum absolute atomic E-state index is 0.0264. The summed E-state index contributed by atoms with van der Waals surface area (Å²) in [5, 5.41) is 5.31. The zero-order valence-corrected chi connectivity index (χ0v) is 12.4. The molecular weight excluding hydrogens is 244 g/mol. The first-order chi connectivity index (χ1) is 8.92. The molecule has 0 radical (unpaired) electrons. The molecule has 2 amide bonds. The second-order valence-electron chi connectivity index (χ2n) is 4.95. The Morgan fingerprint density at radius 1 is 1.00 bits per heavy atom. The van der Waals surface area contributed by atoms with Gasteiger partial charge >= 0.3 is 0 Å². The molecule has 5 nitrogen and oxygen atoms in total. The van der Waals surface area contributed by atoms with E-state index in [0.717, 1.165) is 12.8 Å². The van der Waals surface area contributed by atoms with Crippen molar-refractivity contribution in [3.63, 3.8) is 0 Å². The first kappa shape index (κ1) is 17.6. The van der Waals surface area contributed by atoms with Crippen molar-refractivity contribution in [3.8, 4) is 0 Å². The number of rotatable bonds is 9. The van der Waals surface area contributed by atoms with E-state index >= 15 is 0 Å². The summed E-state index contributed by atoms with van der Waals surface area (Å²) in [5.74, 6) is -0.801. The lowest BCUT2D eigenvalue weighted by molar-refractivity contribution is -0.131.